The number of aliphatic hydroxyl groups is 5. The highest BCUT2D eigenvalue weighted by atomic mass is 16.7. The van der Waals surface area contributed by atoms with Crippen molar-refractivity contribution < 1.29 is 55.1 Å². The van der Waals surface area contributed by atoms with Crippen molar-refractivity contribution in [3.05, 3.63) is 41.5 Å². The van der Waals surface area contributed by atoms with Crippen LogP contribution in [0.15, 0.2) is 30.3 Å². The molecule has 0 spiro atoms. The van der Waals surface area contributed by atoms with Crippen molar-refractivity contribution in [2.45, 2.75) is 49.3 Å². The van der Waals surface area contributed by atoms with Crippen LogP contribution in [0.3, 0.4) is 0 Å². The molecule has 2 aromatic rings. The van der Waals surface area contributed by atoms with Gasteiger partial charge >= 0.3 is 0 Å². The Morgan fingerprint density at radius 3 is 2.34 bits per heavy atom. The molecule has 2 unspecified atom stereocenters. The third kappa shape index (κ3) is 4.01. The highest BCUT2D eigenvalue weighted by molar-refractivity contribution is 5.52. The van der Waals surface area contributed by atoms with E-state index in [1.807, 2.05) is 0 Å². The van der Waals surface area contributed by atoms with Gasteiger partial charge in [-0.15, -0.1) is 0 Å². The second kappa shape index (κ2) is 8.62. The molecule has 2 heterocycles. The highest BCUT2D eigenvalue weighted by Gasteiger charge is 2.45. The molecule has 0 amide bonds. The first-order valence-electron chi connectivity index (χ1n) is 9.89. The van der Waals surface area contributed by atoms with Crippen molar-refractivity contribution in [2.75, 3.05) is 6.61 Å². The third-order valence-electron chi connectivity index (χ3n) is 5.59. The molecule has 7 atom stereocenters. The van der Waals surface area contributed by atoms with Gasteiger partial charge in [0.2, 0.25) is 6.29 Å². The van der Waals surface area contributed by atoms with Gasteiger partial charge in [-0.05, 0) is 17.7 Å². The largest absolute Gasteiger partial charge is 0.508 e. The molecule has 174 valence electrons. The monoisotopic (exact) mass is 452 g/mol. The number of benzene rings is 2. The second-order valence-corrected chi connectivity index (χ2v) is 7.79. The van der Waals surface area contributed by atoms with Gasteiger partial charge in [-0.25, -0.2) is 0 Å². The van der Waals surface area contributed by atoms with Crippen LogP contribution in [0.5, 0.6) is 28.7 Å². The molecular weight excluding hydrogens is 428 g/mol. The summed E-state index contributed by atoms with van der Waals surface area (Å²) in [6.07, 6.45) is -9.40. The van der Waals surface area contributed by atoms with Gasteiger partial charge in [0.1, 0.15) is 47.8 Å². The minimum atomic E-state index is -1.65. The van der Waals surface area contributed by atoms with Crippen molar-refractivity contribution in [3.8, 4) is 28.7 Å². The van der Waals surface area contributed by atoms with E-state index in [9.17, 15) is 40.9 Å². The summed E-state index contributed by atoms with van der Waals surface area (Å²) >= 11 is 0. The maximum Gasteiger partial charge on any atom is 0.229 e. The van der Waals surface area contributed by atoms with Gasteiger partial charge < -0.3 is 55.1 Å². The Bertz CT molecular complexity index is 978. The van der Waals surface area contributed by atoms with Crippen LogP contribution in [0.4, 0.5) is 0 Å². The molecule has 0 aromatic heterocycles. The van der Waals surface area contributed by atoms with Crippen LogP contribution in [0.25, 0.3) is 0 Å². The van der Waals surface area contributed by atoms with Gasteiger partial charge in [0.15, 0.2) is 11.5 Å². The van der Waals surface area contributed by atoms with E-state index >= 15 is 0 Å². The molecule has 1 fully saturated rings. The lowest BCUT2D eigenvalue weighted by Gasteiger charge is -2.39. The summed E-state index contributed by atoms with van der Waals surface area (Å²) in [7, 11) is 0. The Morgan fingerprint density at radius 1 is 0.906 bits per heavy atom. The maximum atomic E-state index is 10.5. The van der Waals surface area contributed by atoms with Crippen LogP contribution >= 0.6 is 0 Å². The van der Waals surface area contributed by atoms with Crippen molar-refractivity contribution in [1.82, 2.24) is 0 Å². The zero-order valence-corrected chi connectivity index (χ0v) is 16.6. The van der Waals surface area contributed by atoms with Gasteiger partial charge in [-0.1, -0.05) is 6.07 Å². The number of aromatic hydroxyl groups is 3. The second-order valence-electron chi connectivity index (χ2n) is 7.79. The standard InChI is InChI=1S/C21H24O11/c22-7-16-17(27)18(28)19(29)21(32-16)31-14-2-1-8(3-12(14)25)20-13(26)6-10-11(24)4-9(23)5-15(10)30-20/h1-5,13,16-29H,6-7H2/t13?,16-,17-,18+,19-,20?,21+/m1/s1. The van der Waals surface area contributed by atoms with E-state index < -0.39 is 49.5 Å². The molecule has 1 saturated heterocycles. The third-order valence-corrected chi connectivity index (χ3v) is 5.59. The summed E-state index contributed by atoms with van der Waals surface area (Å²) in [5.41, 5.74) is 0.711. The van der Waals surface area contributed by atoms with Crippen LogP contribution < -0.4 is 9.47 Å². The molecule has 2 aliphatic heterocycles. The first-order valence-corrected chi connectivity index (χ1v) is 9.89. The molecule has 0 aliphatic carbocycles. The van der Waals surface area contributed by atoms with Crippen LogP contribution in [0.2, 0.25) is 0 Å². The average Bonchev–Trinajstić information content (AvgIpc) is 2.75. The normalized spacial score (nSPS) is 32.1. The molecule has 32 heavy (non-hydrogen) atoms. The molecule has 11 heteroatoms. The van der Waals surface area contributed by atoms with Crippen molar-refractivity contribution in [1.29, 1.82) is 0 Å². The number of hydrogen-bond donors (Lipinski definition) is 8. The van der Waals surface area contributed by atoms with Gasteiger partial charge in [0.25, 0.3) is 0 Å². The molecule has 8 N–H and O–H groups in total. The molecule has 0 radical (unpaired) electrons. The smallest absolute Gasteiger partial charge is 0.229 e. The highest BCUT2D eigenvalue weighted by Crippen LogP contribution is 2.43. The van der Waals surface area contributed by atoms with E-state index in [0.29, 0.717) is 11.1 Å². The van der Waals surface area contributed by atoms with Crippen LogP contribution in [-0.2, 0) is 11.2 Å². The quantitative estimate of drug-likeness (QED) is 0.285. The van der Waals surface area contributed by atoms with Crippen LogP contribution in [0, 0.1) is 0 Å². The van der Waals surface area contributed by atoms with E-state index in [4.69, 9.17) is 14.2 Å². The first-order chi connectivity index (χ1) is 15.2. The van der Waals surface area contributed by atoms with E-state index in [0.717, 1.165) is 6.07 Å². The SMILES string of the molecule is OC[C@H]1O[C@H](Oc2ccc(C3Oc4cc(O)cc(O)c4CC3O)cc2O)[C@H](O)[C@@H](O)[C@@H]1O. The Labute approximate surface area is 181 Å². The Hall–Kier alpha value is -2.80. The summed E-state index contributed by atoms with van der Waals surface area (Å²) in [5, 5.41) is 79.6. The summed E-state index contributed by atoms with van der Waals surface area (Å²) < 4.78 is 16.4. The maximum absolute atomic E-state index is 10.5. The predicted octanol–water partition coefficient (Wildman–Crippen LogP) is -0.981. The minimum Gasteiger partial charge on any atom is -0.508 e. The summed E-state index contributed by atoms with van der Waals surface area (Å²) in [5.74, 6) is -0.732. The Balaban J connectivity index is 1.53. The average molecular weight is 452 g/mol. The van der Waals surface area contributed by atoms with Crippen molar-refractivity contribution >= 4 is 0 Å². The number of aliphatic hydroxyl groups excluding tert-OH is 5. The lowest BCUT2D eigenvalue weighted by atomic mass is 9.94. The molecule has 2 aromatic carbocycles. The number of fused-ring (bicyclic) bond motifs is 1. The summed E-state index contributed by atoms with van der Waals surface area (Å²) in [6.45, 7) is -0.626. The lowest BCUT2D eigenvalue weighted by molar-refractivity contribution is -0.277. The van der Waals surface area contributed by atoms with Crippen molar-refractivity contribution in [2.24, 2.45) is 0 Å². The van der Waals surface area contributed by atoms with E-state index in [2.05, 4.69) is 0 Å². The number of phenolic OH excluding ortho intramolecular Hbond substituents is 3. The topological polar surface area (TPSA) is 190 Å². The fraction of sp³-hybridized carbons (Fsp3) is 0.429. The van der Waals surface area contributed by atoms with Crippen LogP contribution in [0.1, 0.15) is 17.2 Å². The zero-order chi connectivity index (χ0) is 23.2. The van der Waals surface area contributed by atoms with E-state index in [1.54, 1.807) is 0 Å². The van der Waals surface area contributed by atoms with Crippen molar-refractivity contribution in [3.63, 3.8) is 0 Å². The zero-order valence-electron chi connectivity index (χ0n) is 16.6. The van der Waals surface area contributed by atoms with E-state index in [-0.39, 0.29) is 35.2 Å². The number of ether oxygens (including phenoxy) is 3. The van der Waals surface area contributed by atoms with Gasteiger partial charge in [-0.2, -0.15) is 0 Å². The van der Waals surface area contributed by atoms with Gasteiger partial charge in [0.05, 0.1) is 12.7 Å². The molecule has 0 bridgehead atoms. The molecular formula is C21H24O11. The Kier molecular flexibility index (Phi) is 6.03. The molecule has 11 nitrogen and oxygen atoms in total. The lowest BCUT2D eigenvalue weighted by Crippen LogP contribution is -2.60. The fourth-order valence-electron chi connectivity index (χ4n) is 3.85. The van der Waals surface area contributed by atoms with Crippen LogP contribution in [-0.4, -0.2) is 84.3 Å². The van der Waals surface area contributed by atoms with E-state index in [1.165, 1.54) is 24.3 Å². The summed E-state index contributed by atoms with van der Waals surface area (Å²) in [6, 6.07) is 6.54. The van der Waals surface area contributed by atoms with Gasteiger partial charge in [0, 0.05) is 24.1 Å². The minimum absolute atomic E-state index is 0.0516. The van der Waals surface area contributed by atoms with Gasteiger partial charge in [-0.3, -0.25) is 0 Å². The molecule has 4 rings (SSSR count). The first kappa shape index (κ1) is 22.4. The number of rotatable bonds is 4. The fourth-order valence-corrected chi connectivity index (χ4v) is 3.85. The number of hydrogen-bond acceptors (Lipinski definition) is 11. The molecule has 0 saturated carbocycles. The number of phenols is 3. The Morgan fingerprint density at radius 2 is 1.66 bits per heavy atom. The molecule has 2 aliphatic rings. The predicted molar refractivity (Wildman–Crippen MR) is 105 cm³/mol. The summed E-state index contributed by atoms with van der Waals surface area (Å²) in [4.78, 5) is 0.